The average molecular weight is 839 g/mol. The Kier molecular flexibility index (Phi) is 11.6. The Bertz CT molecular complexity index is 2690. The predicted molar refractivity (Wildman–Crippen MR) is 180 cm³/mol. The molecule has 3 aliphatic rings. The van der Waals surface area contributed by atoms with Crippen molar-refractivity contribution in [2.45, 2.75) is 44.3 Å². The molecule has 2 unspecified atom stereocenters. The van der Waals surface area contributed by atoms with E-state index < -0.39 is 126 Å². The summed E-state index contributed by atoms with van der Waals surface area (Å²) in [5.74, 6) is -27.4. The largest absolute Gasteiger partial charge is 0.478 e. The molecule has 1 aliphatic carbocycles. The lowest BCUT2D eigenvalue weighted by molar-refractivity contribution is 0.0526. The van der Waals surface area contributed by atoms with Gasteiger partial charge in [0.25, 0.3) is 0 Å². The standard InChI is InChI=1S/C40H17ClF10N6O2/c1-39(24-27(42)31(46)35(50)32(47)28(24)43)22(20(14-56)37(58-39)18(10-52)11-53)8-6-16-4-3-5-17(26(16)41)7-9-23-21(15-57)38(19(12-54)13-55)59-40(23,2)25-29(44)33(48)36(51)34(49)30(25)45/h6-9,18H,3-5H2,1-2H3/b9-7+,16-6+,22-8-. The third kappa shape index (κ3) is 6.64. The lowest BCUT2D eigenvalue weighted by atomic mass is 9.83. The molecule has 2 aliphatic heterocycles. The molecule has 0 aromatic heterocycles. The third-order valence-electron chi connectivity index (χ3n) is 9.59. The van der Waals surface area contributed by atoms with Crippen molar-refractivity contribution in [2.24, 2.45) is 5.92 Å². The predicted octanol–water partition coefficient (Wildman–Crippen LogP) is 9.92. The fraction of sp³-hybridized carbons (Fsp3) is 0.200. The molecule has 2 heterocycles. The van der Waals surface area contributed by atoms with Crippen molar-refractivity contribution >= 4 is 11.6 Å². The monoisotopic (exact) mass is 838 g/mol. The number of allylic oxidation sites excluding steroid dienone is 9. The van der Waals surface area contributed by atoms with Crippen LogP contribution in [-0.2, 0) is 20.7 Å². The van der Waals surface area contributed by atoms with Gasteiger partial charge in [-0.25, -0.2) is 43.9 Å². The summed E-state index contributed by atoms with van der Waals surface area (Å²) in [5, 5.41) is 58.0. The number of benzene rings is 2. The highest BCUT2D eigenvalue weighted by atomic mass is 35.5. The Morgan fingerprint density at radius 1 is 0.627 bits per heavy atom. The van der Waals surface area contributed by atoms with Gasteiger partial charge in [-0.05, 0) is 44.3 Å². The number of nitriles is 6. The number of halogens is 11. The van der Waals surface area contributed by atoms with Crippen LogP contribution in [0.4, 0.5) is 43.9 Å². The Morgan fingerprint density at radius 2 is 1.10 bits per heavy atom. The lowest BCUT2D eigenvalue weighted by Crippen LogP contribution is -2.29. The zero-order valence-corrected chi connectivity index (χ0v) is 30.4. The van der Waals surface area contributed by atoms with Gasteiger partial charge in [-0.15, -0.1) is 0 Å². The number of hydrogen-bond acceptors (Lipinski definition) is 8. The molecular formula is C40H17ClF10N6O2. The van der Waals surface area contributed by atoms with Gasteiger partial charge in [0, 0.05) is 16.2 Å². The summed E-state index contributed by atoms with van der Waals surface area (Å²) in [7, 11) is 0. The second-order valence-corrected chi connectivity index (χ2v) is 13.2. The van der Waals surface area contributed by atoms with E-state index in [1.165, 1.54) is 24.3 Å². The van der Waals surface area contributed by atoms with Crippen LogP contribution in [0.2, 0.25) is 0 Å². The topological polar surface area (TPSA) is 161 Å². The van der Waals surface area contributed by atoms with E-state index in [-0.39, 0.29) is 35.4 Å². The highest BCUT2D eigenvalue weighted by Gasteiger charge is 2.51. The Morgan fingerprint density at radius 3 is 1.56 bits per heavy atom. The van der Waals surface area contributed by atoms with E-state index in [9.17, 15) is 57.9 Å². The van der Waals surface area contributed by atoms with Crippen LogP contribution < -0.4 is 0 Å². The summed E-state index contributed by atoms with van der Waals surface area (Å²) < 4.78 is 158. The second-order valence-electron chi connectivity index (χ2n) is 12.8. The van der Waals surface area contributed by atoms with E-state index in [0.29, 0.717) is 0 Å². The van der Waals surface area contributed by atoms with E-state index in [4.69, 9.17) is 21.1 Å². The van der Waals surface area contributed by atoms with Gasteiger partial charge in [0.15, 0.2) is 75.0 Å². The normalized spacial score (nSPS) is 21.7. The molecule has 0 bridgehead atoms. The van der Waals surface area contributed by atoms with Crippen molar-refractivity contribution in [1.29, 1.82) is 31.6 Å². The Hall–Kier alpha value is -7.25. The minimum Gasteiger partial charge on any atom is -0.478 e. The summed E-state index contributed by atoms with van der Waals surface area (Å²) in [6, 6.07) is 9.10. The summed E-state index contributed by atoms with van der Waals surface area (Å²) >= 11 is 6.71. The molecule has 8 nitrogen and oxygen atoms in total. The molecule has 5 rings (SSSR count). The van der Waals surface area contributed by atoms with Gasteiger partial charge in [-0.3, -0.25) is 0 Å². The SMILES string of the molecule is CC1(c2c(F)c(F)c(F)c(F)c2F)OC(=C(C#N)C#N)C(C#N)=C1/C=C/C1=C(Cl)C(=C/C=C2/C(C#N)=C(C(C#N)C#N)OC2(C)c2c(F)c(F)c(F)c(F)c2F)/CCC1. The van der Waals surface area contributed by atoms with Crippen LogP contribution in [0.15, 0.2) is 79.9 Å². The van der Waals surface area contributed by atoms with E-state index >= 15 is 17.6 Å². The fourth-order valence-corrected chi connectivity index (χ4v) is 7.04. The highest BCUT2D eigenvalue weighted by Crippen LogP contribution is 2.52. The average Bonchev–Trinajstić information content (AvgIpc) is 3.67. The zero-order chi connectivity index (χ0) is 43.9. The Balaban J connectivity index is 1.73. The minimum atomic E-state index is -2.75. The van der Waals surface area contributed by atoms with Crippen molar-refractivity contribution in [2.75, 3.05) is 0 Å². The first-order valence-electron chi connectivity index (χ1n) is 16.4. The molecule has 0 N–H and O–H groups in total. The first-order chi connectivity index (χ1) is 27.8. The summed E-state index contributed by atoms with van der Waals surface area (Å²) in [6.07, 6.45) is 4.71. The van der Waals surface area contributed by atoms with Crippen LogP contribution in [0.5, 0.6) is 0 Å². The quantitative estimate of drug-likeness (QED) is 0.120. The van der Waals surface area contributed by atoms with Crippen LogP contribution in [0.3, 0.4) is 0 Å². The zero-order valence-electron chi connectivity index (χ0n) is 29.7. The van der Waals surface area contributed by atoms with E-state index in [2.05, 4.69) is 0 Å². The van der Waals surface area contributed by atoms with Gasteiger partial charge < -0.3 is 9.47 Å². The fourth-order valence-electron chi connectivity index (χ4n) is 6.73. The number of rotatable bonds is 6. The van der Waals surface area contributed by atoms with Gasteiger partial charge in [-0.1, -0.05) is 35.9 Å². The lowest BCUT2D eigenvalue weighted by Gasteiger charge is -2.29. The van der Waals surface area contributed by atoms with Gasteiger partial charge >= 0.3 is 0 Å². The van der Waals surface area contributed by atoms with Crippen molar-refractivity contribution in [3.05, 3.63) is 149 Å². The molecule has 2 aromatic carbocycles. The molecular weight excluding hydrogens is 822 g/mol. The number of nitrogens with zero attached hydrogens (tertiary/aromatic N) is 6. The van der Waals surface area contributed by atoms with Gasteiger partial charge in [0.2, 0.25) is 11.6 Å². The second kappa shape index (κ2) is 15.9. The molecule has 19 heteroatoms. The molecule has 2 aromatic rings. The molecule has 0 spiro atoms. The maximum Gasteiger partial charge on any atom is 0.200 e. The molecule has 59 heavy (non-hydrogen) atoms. The number of hydrogen-bond donors (Lipinski definition) is 0. The minimum absolute atomic E-state index is 0.105. The van der Waals surface area contributed by atoms with Crippen LogP contribution >= 0.6 is 11.6 Å². The van der Waals surface area contributed by atoms with Gasteiger partial charge in [0.05, 0.1) is 28.8 Å². The van der Waals surface area contributed by atoms with Gasteiger partial charge in [-0.2, -0.15) is 31.6 Å². The molecule has 2 atom stereocenters. The van der Waals surface area contributed by atoms with Crippen molar-refractivity contribution in [3.63, 3.8) is 0 Å². The molecule has 0 saturated heterocycles. The summed E-state index contributed by atoms with van der Waals surface area (Å²) in [6.45, 7) is 1.65. The van der Waals surface area contributed by atoms with Crippen molar-refractivity contribution in [1.82, 2.24) is 0 Å². The molecule has 296 valence electrons. The highest BCUT2D eigenvalue weighted by molar-refractivity contribution is 6.32. The number of ether oxygens (including phenoxy) is 2. The van der Waals surface area contributed by atoms with E-state index in [0.717, 1.165) is 38.2 Å². The molecule has 0 amide bonds. The van der Waals surface area contributed by atoms with Crippen LogP contribution in [0, 0.1) is 132 Å². The first kappa shape index (κ1) is 42.9. The Labute approximate surface area is 331 Å². The van der Waals surface area contributed by atoms with E-state index in [1.807, 2.05) is 0 Å². The third-order valence-corrected chi connectivity index (χ3v) is 10.1. The smallest absolute Gasteiger partial charge is 0.200 e. The maximum atomic E-state index is 15.3. The van der Waals surface area contributed by atoms with Crippen LogP contribution in [-0.4, -0.2) is 0 Å². The molecule has 0 radical (unpaired) electrons. The molecule has 0 saturated carbocycles. The molecule has 0 fully saturated rings. The first-order valence-corrected chi connectivity index (χ1v) is 16.8. The van der Waals surface area contributed by atoms with Crippen molar-refractivity contribution < 1.29 is 53.4 Å². The van der Waals surface area contributed by atoms with Crippen LogP contribution in [0.1, 0.15) is 44.2 Å². The van der Waals surface area contributed by atoms with Crippen molar-refractivity contribution in [3.8, 4) is 36.4 Å². The maximum absolute atomic E-state index is 15.3. The van der Waals surface area contributed by atoms with Gasteiger partial charge in [0.1, 0.15) is 35.6 Å². The summed E-state index contributed by atoms with van der Waals surface area (Å²) in [5.41, 5.74) is -11.7. The summed E-state index contributed by atoms with van der Waals surface area (Å²) in [4.78, 5) is 0. The van der Waals surface area contributed by atoms with E-state index in [1.54, 1.807) is 12.1 Å². The van der Waals surface area contributed by atoms with Crippen LogP contribution in [0.25, 0.3) is 0 Å².